The number of amides is 1. The minimum Gasteiger partial charge on any atom is -0.493 e. The minimum absolute atomic E-state index is 0.176. The standard InChI is InChI=1S/C22H27N3O3S/c1-4-28-20-12-16(8-10-19(20)27-3)14-23-22(29)24-17-9-7-15(2)18(13-17)25-11-5-6-21(25)26/h7-10,12-13H,4-6,11,14H2,1-3H3,(H2,23,24,29). The topological polar surface area (TPSA) is 62.8 Å². The number of methoxy groups -OCH3 is 1. The Hall–Kier alpha value is -2.80. The molecule has 0 atom stereocenters. The molecule has 1 aliphatic rings. The van der Waals surface area contributed by atoms with Crippen LogP contribution in [0.4, 0.5) is 11.4 Å². The fraction of sp³-hybridized carbons (Fsp3) is 0.364. The van der Waals surface area contributed by atoms with Gasteiger partial charge in [0.1, 0.15) is 0 Å². The first-order chi connectivity index (χ1) is 14.0. The van der Waals surface area contributed by atoms with Crippen LogP contribution in [-0.2, 0) is 11.3 Å². The van der Waals surface area contributed by atoms with Crippen LogP contribution in [0.5, 0.6) is 11.5 Å². The van der Waals surface area contributed by atoms with Crippen LogP contribution in [0.15, 0.2) is 36.4 Å². The molecular formula is C22H27N3O3S. The molecule has 1 saturated heterocycles. The second kappa shape index (κ2) is 9.60. The lowest BCUT2D eigenvalue weighted by molar-refractivity contribution is -0.117. The van der Waals surface area contributed by atoms with E-state index in [4.69, 9.17) is 21.7 Å². The van der Waals surface area contributed by atoms with Crippen LogP contribution < -0.4 is 25.0 Å². The van der Waals surface area contributed by atoms with Crippen LogP contribution in [0.3, 0.4) is 0 Å². The van der Waals surface area contributed by atoms with Gasteiger partial charge in [-0.25, -0.2) is 0 Å². The van der Waals surface area contributed by atoms with Gasteiger partial charge in [0.15, 0.2) is 16.6 Å². The predicted molar refractivity (Wildman–Crippen MR) is 120 cm³/mol. The van der Waals surface area contributed by atoms with Crippen LogP contribution in [0, 0.1) is 6.92 Å². The lowest BCUT2D eigenvalue weighted by Gasteiger charge is -2.20. The van der Waals surface area contributed by atoms with Gasteiger partial charge in [0.05, 0.1) is 13.7 Å². The average Bonchev–Trinajstić information content (AvgIpc) is 3.14. The molecule has 1 aliphatic heterocycles. The highest BCUT2D eigenvalue weighted by Gasteiger charge is 2.23. The molecule has 0 radical (unpaired) electrons. The SMILES string of the molecule is CCOc1cc(CNC(=S)Nc2ccc(C)c(N3CCCC3=O)c2)ccc1OC. The number of nitrogens with zero attached hydrogens (tertiary/aromatic N) is 1. The van der Waals surface area contributed by atoms with Crippen molar-refractivity contribution < 1.29 is 14.3 Å². The molecule has 0 saturated carbocycles. The van der Waals surface area contributed by atoms with Crippen molar-refractivity contribution in [3.05, 3.63) is 47.5 Å². The van der Waals surface area contributed by atoms with Crippen molar-refractivity contribution in [3.8, 4) is 11.5 Å². The first-order valence-electron chi connectivity index (χ1n) is 9.77. The second-order valence-electron chi connectivity index (χ2n) is 6.88. The fourth-order valence-corrected chi connectivity index (χ4v) is 3.53. The highest BCUT2D eigenvalue weighted by molar-refractivity contribution is 7.80. The molecule has 1 amide bonds. The molecular weight excluding hydrogens is 386 g/mol. The summed E-state index contributed by atoms with van der Waals surface area (Å²) >= 11 is 5.44. The van der Waals surface area contributed by atoms with Crippen molar-refractivity contribution in [2.24, 2.45) is 0 Å². The molecule has 1 heterocycles. The van der Waals surface area contributed by atoms with E-state index in [0.29, 0.717) is 36.2 Å². The minimum atomic E-state index is 0.176. The number of ether oxygens (including phenoxy) is 2. The fourth-order valence-electron chi connectivity index (χ4n) is 3.34. The van der Waals surface area contributed by atoms with Crippen LogP contribution in [0.2, 0.25) is 0 Å². The second-order valence-corrected chi connectivity index (χ2v) is 7.28. The van der Waals surface area contributed by atoms with Crippen LogP contribution in [-0.4, -0.2) is 31.3 Å². The highest BCUT2D eigenvalue weighted by atomic mass is 32.1. The highest BCUT2D eigenvalue weighted by Crippen LogP contribution is 2.29. The zero-order valence-electron chi connectivity index (χ0n) is 17.1. The third kappa shape index (κ3) is 5.17. The Morgan fingerprint density at radius 3 is 2.72 bits per heavy atom. The first kappa shape index (κ1) is 20.9. The van der Waals surface area contributed by atoms with Gasteiger partial charge < -0.3 is 25.0 Å². The Labute approximate surface area is 177 Å². The number of carbonyl (C=O) groups excluding carboxylic acids is 1. The van der Waals surface area contributed by atoms with Crippen molar-refractivity contribution in [3.63, 3.8) is 0 Å². The van der Waals surface area contributed by atoms with Gasteiger partial charge in [0.25, 0.3) is 0 Å². The number of aryl methyl sites for hydroxylation is 1. The summed E-state index contributed by atoms with van der Waals surface area (Å²) in [5, 5.41) is 6.93. The molecule has 29 heavy (non-hydrogen) atoms. The third-order valence-electron chi connectivity index (χ3n) is 4.81. The quantitative estimate of drug-likeness (QED) is 0.669. The van der Waals surface area contributed by atoms with E-state index in [2.05, 4.69) is 10.6 Å². The summed E-state index contributed by atoms with van der Waals surface area (Å²) in [6.07, 6.45) is 1.52. The van der Waals surface area contributed by atoms with Gasteiger partial charge in [-0.2, -0.15) is 0 Å². The van der Waals surface area contributed by atoms with Crippen molar-refractivity contribution in [2.45, 2.75) is 33.2 Å². The van der Waals surface area contributed by atoms with E-state index in [9.17, 15) is 4.79 Å². The molecule has 0 aromatic heterocycles. The molecule has 2 aromatic carbocycles. The van der Waals surface area contributed by atoms with Crippen molar-refractivity contribution in [1.29, 1.82) is 0 Å². The summed E-state index contributed by atoms with van der Waals surface area (Å²) in [7, 11) is 1.63. The zero-order chi connectivity index (χ0) is 20.8. The molecule has 1 fully saturated rings. The lowest BCUT2D eigenvalue weighted by Crippen LogP contribution is -2.28. The summed E-state index contributed by atoms with van der Waals surface area (Å²) in [6, 6.07) is 11.8. The van der Waals surface area contributed by atoms with E-state index in [1.807, 2.05) is 55.1 Å². The molecule has 3 rings (SSSR count). The van der Waals surface area contributed by atoms with E-state index in [-0.39, 0.29) is 5.91 Å². The number of thiocarbonyl (C=S) groups is 1. The summed E-state index contributed by atoms with van der Waals surface area (Å²) in [5.41, 5.74) is 3.90. The van der Waals surface area contributed by atoms with E-state index in [0.717, 1.165) is 35.5 Å². The van der Waals surface area contributed by atoms with Crippen molar-refractivity contribution in [1.82, 2.24) is 5.32 Å². The molecule has 0 aliphatic carbocycles. The maximum Gasteiger partial charge on any atom is 0.227 e. The summed E-state index contributed by atoms with van der Waals surface area (Å²) in [6.45, 7) is 5.85. The average molecular weight is 414 g/mol. The van der Waals surface area contributed by atoms with Crippen LogP contribution in [0.25, 0.3) is 0 Å². The normalized spacial score (nSPS) is 13.3. The number of benzene rings is 2. The molecule has 2 aromatic rings. The van der Waals surface area contributed by atoms with Gasteiger partial charge in [0, 0.05) is 30.9 Å². The summed E-state index contributed by atoms with van der Waals surface area (Å²) in [4.78, 5) is 13.9. The number of nitrogens with one attached hydrogen (secondary N) is 2. The maximum absolute atomic E-state index is 12.1. The van der Waals surface area contributed by atoms with Gasteiger partial charge in [-0.15, -0.1) is 0 Å². The van der Waals surface area contributed by atoms with E-state index in [1.54, 1.807) is 7.11 Å². The number of hydrogen-bond acceptors (Lipinski definition) is 4. The molecule has 0 bridgehead atoms. The Morgan fingerprint density at radius 2 is 2.03 bits per heavy atom. The van der Waals surface area contributed by atoms with Crippen molar-refractivity contribution >= 4 is 34.6 Å². The van der Waals surface area contributed by atoms with Gasteiger partial charge in [-0.1, -0.05) is 12.1 Å². The Kier molecular flexibility index (Phi) is 6.93. The van der Waals surface area contributed by atoms with Gasteiger partial charge >= 0.3 is 0 Å². The van der Waals surface area contributed by atoms with Gasteiger partial charge in [0.2, 0.25) is 5.91 Å². The van der Waals surface area contributed by atoms with Crippen LogP contribution >= 0.6 is 12.2 Å². The predicted octanol–water partition coefficient (Wildman–Crippen LogP) is 4.02. The van der Waals surface area contributed by atoms with E-state index < -0.39 is 0 Å². The molecule has 0 spiro atoms. The van der Waals surface area contributed by atoms with E-state index >= 15 is 0 Å². The zero-order valence-corrected chi connectivity index (χ0v) is 17.9. The van der Waals surface area contributed by atoms with Gasteiger partial charge in [-0.05, 0) is 67.9 Å². The number of anilines is 2. The molecule has 7 heteroatoms. The van der Waals surface area contributed by atoms with Gasteiger partial charge in [-0.3, -0.25) is 4.79 Å². The molecule has 6 nitrogen and oxygen atoms in total. The van der Waals surface area contributed by atoms with E-state index in [1.165, 1.54) is 0 Å². The first-order valence-corrected chi connectivity index (χ1v) is 10.2. The Balaban J connectivity index is 1.63. The summed E-state index contributed by atoms with van der Waals surface area (Å²) < 4.78 is 10.9. The molecule has 154 valence electrons. The Morgan fingerprint density at radius 1 is 1.21 bits per heavy atom. The molecule has 0 unspecified atom stereocenters. The number of carbonyl (C=O) groups is 1. The van der Waals surface area contributed by atoms with Crippen LogP contribution in [0.1, 0.15) is 30.9 Å². The summed E-state index contributed by atoms with van der Waals surface area (Å²) in [5.74, 6) is 1.60. The Bertz CT molecular complexity index is 901. The lowest BCUT2D eigenvalue weighted by atomic mass is 10.1. The monoisotopic (exact) mass is 413 g/mol. The van der Waals surface area contributed by atoms with Crippen molar-refractivity contribution in [2.75, 3.05) is 30.5 Å². The number of hydrogen-bond donors (Lipinski definition) is 2. The third-order valence-corrected chi connectivity index (χ3v) is 5.06. The smallest absolute Gasteiger partial charge is 0.227 e. The molecule has 2 N–H and O–H groups in total. The number of rotatable bonds is 7. The largest absolute Gasteiger partial charge is 0.493 e. The maximum atomic E-state index is 12.1.